The summed E-state index contributed by atoms with van der Waals surface area (Å²) in [7, 11) is 5.53. The number of fused-ring (bicyclic) bond motifs is 1. The fraction of sp³-hybridized carbons (Fsp3) is 0.459. The molecule has 2 aliphatic heterocycles. The highest BCUT2D eigenvalue weighted by Gasteiger charge is 2.40. The minimum atomic E-state index is -0.531. The second kappa shape index (κ2) is 28.3. The summed E-state index contributed by atoms with van der Waals surface area (Å²) >= 11 is 1.60. The average Bonchev–Trinajstić information content (AvgIpc) is 4.25. The summed E-state index contributed by atoms with van der Waals surface area (Å²) in [5.74, 6) is 2.87. The molecular formula is C61H75N9O8S. The number of carbonyl (C=O) groups excluding carboxylic acids is 2. The predicted octanol–water partition coefficient (Wildman–Crippen LogP) is 9.25. The lowest BCUT2D eigenvalue weighted by atomic mass is 9.83. The summed E-state index contributed by atoms with van der Waals surface area (Å²) in [5, 5.41) is 24.2. The van der Waals surface area contributed by atoms with Gasteiger partial charge in [-0.1, -0.05) is 43.5 Å². The number of amides is 2. The maximum Gasteiger partial charge on any atom is 0.246 e. The number of hydrogen-bond acceptors (Lipinski definition) is 16. The first kappa shape index (κ1) is 56.9. The van der Waals surface area contributed by atoms with Crippen molar-refractivity contribution in [1.29, 1.82) is 5.26 Å². The predicted molar refractivity (Wildman–Crippen MR) is 310 cm³/mol. The highest BCUT2D eigenvalue weighted by Crippen LogP contribution is 2.41. The lowest BCUT2D eigenvalue weighted by Crippen LogP contribution is -2.55. The SMILES string of the molecule is CN[C@@H](C)C(=O)NC(C(=O)N1CCC[C@H]1c1nc(-c2ccc(OCCOCCOCCOCCOc3cc(Nc4cc(-c5cc(C#N)ccc5OC)ccn4)ccc3N3CCN(C)CC3)c3ccccc23)cs1)C1CCCCC1. The van der Waals surface area contributed by atoms with E-state index in [4.69, 9.17) is 33.4 Å². The molecule has 3 N–H and O–H groups in total. The van der Waals surface area contributed by atoms with Crippen molar-refractivity contribution in [1.82, 2.24) is 30.4 Å². The van der Waals surface area contributed by atoms with E-state index in [-0.39, 0.29) is 29.8 Å². The zero-order valence-electron chi connectivity index (χ0n) is 46.0. The molecular weight excluding hydrogens is 1020 g/mol. The Balaban J connectivity index is 0.707. The highest BCUT2D eigenvalue weighted by atomic mass is 32.1. The van der Waals surface area contributed by atoms with E-state index in [1.165, 1.54) is 6.42 Å². The zero-order chi connectivity index (χ0) is 54.9. The van der Waals surface area contributed by atoms with Crippen LogP contribution in [0.25, 0.3) is 33.2 Å². The second-order valence-electron chi connectivity index (χ2n) is 20.4. The van der Waals surface area contributed by atoms with Crippen LogP contribution in [-0.4, -0.2) is 150 Å². The molecule has 1 unspecified atom stereocenters. The summed E-state index contributed by atoms with van der Waals surface area (Å²) in [5.41, 5.74) is 5.98. The summed E-state index contributed by atoms with van der Waals surface area (Å²) < 4.78 is 35.8. The molecule has 3 atom stereocenters. The number of nitrogens with zero attached hydrogens (tertiary/aromatic N) is 6. The minimum Gasteiger partial charge on any atom is -0.496 e. The van der Waals surface area contributed by atoms with Gasteiger partial charge in [-0.05, 0) is 118 Å². The molecule has 0 radical (unpaired) electrons. The van der Waals surface area contributed by atoms with Crippen molar-refractivity contribution < 1.29 is 38.0 Å². The van der Waals surface area contributed by atoms with Crippen LogP contribution in [-0.2, 0) is 23.8 Å². The number of thiazole rings is 1. The Hall–Kier alpha value is -6.85. The molecule has 0 spiro atoms. The van der Waals surface area contributed by atoms with Gasteiger partial charge in [0.15, 0.2) is 0 Å². The summed E-state index contributed by atoms with van der Waals surface area (Å²) in [6.07, 6.45) is 8.72. The van der Waals surface area contributed by atoms with E-state index < -0.39 is 6.04 Å². The third kappa shape index (κ3) is 14.7. The number of ether oxygens (including phenoxy) is 6. The molecule has 4 aromatic carbocycles. The van der Waals surface area contributed by atoms with Crippen LogP contribution in [0.3, 0.4) is 0 Å². The van der Waals surface area contributed by atoms with Gasteiger partial charge in [0.1, 0.15) is 47.3 Å². The van der Waals surface area contributed by atoms with Gasteiger partial charge in [-0.2, -0.15) is 5.26 Å². The van der Waals surface area contributed by atoms with Crippen molar-refractivity contribution >= 4 is 51.1 Å². The number of carbonyl (C=O) groups is 2. The van der Waals surface area contributed by atoms with Gasteiger partial charge >= 0.3 is 0 Å². The van der Waals surface area contributed by atoms with Crippen LogP contribution in [0, 0.1) is 17.2 Å². The van der Waals surface area contributed by atoms with Crippen molar-refractivity contribution in [2.24, 2.45) is 5.92 Å². The van der Waals surface area contributed by atoms with Gasteiger partial charge in [-0.25, -0.2) is 9.97 Å². The molecule has 17 nitrogen and oxygen atoms in total. The van der Waals surface area contributed by atoms with Crippen LogP contribution in [0.5, 0.6) is 17.2 Å². The molecule has 1 saturated carbocycles. The standard InChI is InChI=1S/C61H75N9O8S/c1-42(63-2)59(71)67-58(44-11-6-5-7-12-44)61(72)70-24-10-15-53(70)60-66-51(41-79-60)48-18-21-55(49-14-9-8-13-47(48)49)77-35-33-75-31-29-74-30-32-76-34-36-78-56-39-46(17-19-52(56)69-27-25-68(3)26-28-69)65-57-38-45(22-23-64-57)50-37-43(40-62)16-20-54(50)73-4/h8-9,13-14,16-23,37-39,41-42,44,53,58,63H,5-7,10-12,15,24-36H2,1-4H3,(H,64,65)(H,67,71)/t42-,53-,58?/m0/s1. The lowest BCUT2D eigenvalue weighted by molar-refractivity contribution is -0.139. The number of nitrogens with one attached hydrogen (secondary N) is 3. The summed E-state index contributed by atoms with van der Waals surface area (Å²) in [6, 6.07) is 28.8. The fourth-order valence-corrected chi connectivity index (χ4v) is 11.7. The number of benzene rings is 4. The molecule has 3 aliphatic rings. The maximum absolute atomic E-state index is 14.4. The van der Waals surface area contributed by atoms with E-state index >= 15 is 0 Å². The quantitative estimate of drug-likeness (QED) is 0.0437. The average molecular weight is 1090 g/mol. The molecule has 9 rings (SSSR count). The molecule has 2 amide bonds. The lowest BCUT2D eigenvalue weighted by Gasteiger charge is -2.35. The molecule has 6 aromatic rings. The Labute approximate surface area is 468 Å². The Kier molecular flexibility index (Phi) is 20.4. The molecule has 2 aromatic heterocycles. The molecule has 79 heavy (non-hydrogen) atoms. The number of likely N-dealkylation sites (tertiary alicyclic amines) is 1. The Morgan fingerprint density at radius 3 is 2.19 bits per heavy atom. The van der Waals surface area contributed by atoms with Gasteiger partial charge in [0.2, 0.25) is 11.8 Å². The maximum atomic E-state index is 14.4. The molecule has 3 fully saturated rings. The topological polar surface area (TPSA) is 185 Å². The number of methoxy groups -OCH3 is 1. The van der Waals surface area contributed by atoms with Crippen molar-refractivity contribution in [3.8, 4) is 45.7 Å². The number of rotatable bonds is 26. The molecule has 0 bridgehead atoms. The largest absolute Gasteiger partial charge is 0.496 e. The van der Waals surface area contributed by atoms with Gasteiger partial charge in [0, 0.05) is 72.6 Å². The van der Waals surface area contributed by atoms with Gasteiger partial charge in [0.05, 0.1) is 81.8 Å². The number of hydrogen-bond donors (Lipinski definition) is 3. The summed E-state index contributed by atoms with van der Waals surface area (Å²) in [4.78, 5) is 43.9. The first-order chi connectivity index (χ1) is 38.7. The molecule has 18 heteroatoms. The van der Waals surface area contributed by atoms with Gasteiger partial charge in [-0.3, -0.25) is 9.59 Å². The Morgan fingerprint density at radius 1 is 0.759 bits per heavy atom. The van der Waals surface area contributed by atoms with Crippen molar-refractivity contribution in [2.45, 2.75) is 70.0 Å². The molecule has 2 saturated heterocycles. The van der Waals surface area contributed by atoms with Crippen molar-refractivity contribution in [3.05, 3.63) is 107 Å². The van der Waals surface area contributed by atoms with Crippen molar-refractivity contribution in [3.63, 3.8) is 0 Å². The number of pyridine rings is 1. The first-order valence-electron chi connectivity index (χ1n) is 27.8. The zero-order valence-corrected chi connectivity index (χ0v) is 46.9. The first-order valence-corrected chi connectivity index (χ1v) is 28.7. The molecule has 4 heterocycles. The molecule has 1 aliphatic carbocycles. The Morgan fingerprint density at radius 2 is 1.47 bits per heavy atom. The number of piperazine rings is 1. The monoisotopic (exact) mass is 1090 g/mol. The van der Waals surface area contributed by atoms with E-state index in [0.717, 1.165) is 126 Å². The Bertz CT molecular complexity index is 3010. The van der Waals surface area contributed by atoms with Crippen LogP contribution >= 0.6 is 11.3 Å². The van der Waals surface area contributed by atoms with Gasteiger partial charge in [0.25, 0.3) is 0 Å². The number of nitriles is 1. The van der Waals surface area contributed by atoms with Crippen LogP contribution in [0.2, 0.25) is 0 Å². The fourth-order valence-electron chi connectivity index (χ4n) is 10.7. The van der Waals surface area contributed by atoms with Crippen LogP contribution in [0.15, 0.2) is 96.5 Å². The van der Waals surface area contributed by atoms with E-state index in [1.54, 1.807) is 43.8 Å². The minimum absolute atomic E-state index is 0.0151. The highest BCUT2D eigenvalue weighted by molar-refractivity contribution is 7.10. The van der Waals surface area contributed by atoms with E-state index in [9.17, 15) is 14.9 Å². The smallest absolute Gasteiger partial charge is 0.246 e. The summed E-state index contributed by atoms with van der Waals surface area (Å²) in [6.45, 7) is 9.46. The van der Waals surface area contributed by atoms with Gasteiger partial charge < -0.3 is 59.1 Å². The number of aromatic nitrogens is 2. The van der Waals surface area contributed by atoms with Crippen LogP contribution in [0.4, 0.5) is 17.2 Å². The number of anilines is 3. The second-order valence-corrected chi connectivity index (χ2v) is 21.3. The normalized spacial score (nSPS) is 16.8. The third-order valence-corrected chi connectivity index (χ3v) is 16.2. The molecule has 418 valence electrons. The van der Waals surface area contributed by atoms with Crippen LogP contribution < -0.4 is 35.1 Å². The van der Waals surface area contributed by atoms with E-state index in [1.807, 2.05) is 60.4 Å². The van der Waals surface area contributed by atoms with E-state index in [0.29, 0.717) is 76.5 Å². The number of likely N-dealkylation sites (N-methyl/N-ethyl adjacent to an activating group) is 2. The van der Waals surface area contributed by atoms with Crippen LogP contribution in [0.1, 0.15) is 68.5 Å². The van der Waals surface area contributed by atoms with Crippen molar-refractivity contribution in [2.75, 3.05) is 117 Å². The van der Waals surface area contributed by atoms with Gasteiger partial charge in [-0.15, -0.1) is 11.3 Å². The van der Waals surface area contributed by atoms with E-state index in [2.05, 4.69) is 73.5 Å². The third-order valence-electron chi connectivity index (χ3n) is 15.2.